The van der Waals surface area contributed by atoms with Crippen LogP contribution in [0.1, 0.15) is 16.8 Å². The van der Waals surface area contributed by atoms with Gasteiger partial charge < -0.3 is 0 Å². The minimum absolute atomic E-state index is 0.0282. The maximum Gasteiger partial charge on any atom is 0.225 e. The summed E-state index contributed by atoms with van der Waals surface area (Å²) in [5.74, 6) is 0. The summed E-state index contributed by atoms with van der Waals surface area (Å²) < 4.78 is 49.6. The second kappa shape index (κ2) is 5.48. The van der Waals surface area contributed by atoms with E-state index in [1.807, 2.05) is 6.92 Å². The lowest BCUT2D eigenvalue weighted by Crippen LogP contribution is -2.14. The predicted molar refractivity (Wildman–Crippen MR) is 83.5 cm³/mol. The van der Waals surface area contributed by atoms with Crippen LogP contribution in [-0.4, -0.2) is 28.1 Å². The van der Waals surface area contributed by atoms with Crippen molar-refractivity contribution in [1.29, 1.82) is 0 Å². The summed E-state index contributed by atoms with van der Waals surface area (Å²) in [7, 11) is -7.73. The zero-order valence-electron chi connectivity index (χ0n) is 12.8. The van der Waals surface area contributed by atoms with Crippen LogP contribution >= 0.6 is 0 Å². The van der Waals surface area contributed by atoms with E-state index in [9.17, 15) is 16.8 Å². The van der Waals surface area contributed by atoms with Crippen molar-refractivity contribution in [3.05, 3.63) is 47.2 Å². The number of rotatable bonds is 3. The Balaban J connectivity index is 2.84. The van der Waals surface area contributed by atoms with Crippen molar-refractivity contribution in [3.63, 3.8) is 0 Å². The number of pyridine rings is 1. The highest BCUT2D eigenvalue weighted by atomic mass is 32.2. The van der Waals surface area contributed by atoms with Crippen LogP contribution in [0.5, 0.6) is 0 Å². The van der Waals surface area contributed by atoms with Crippen molar-refractivity contribution in [2.45, 2.75) is 35.6 Å². The van der Waals surface area contributed by atoms with Gasteiger partial charge in [0.05, 0.1) is 4.90 Å². The third-order valence-corrected chi connectivity index (χ3v) is 6.30. The van der Waals surface area contributed by atoms with E-state index in [0.29, 0.717) is 11.3 Å². The first-order chi connectivity index (χ1) is 10.0. The van der Waals surface area contributed by atoms with Crippen LogP contribution in [0.3, 0.4) is 0 Å². The van der Waals surface area contributed by atoms with Crippen molar-refractivity contribution in [1.82, 2.24) is 4.98 Å². The van der Waals surface area contributed by atoms with E-state index >= 15 is 0 Å². The lowest BCUT2D eigenvalue weighted by atomic mass is 10.2. The van der Waals surface area contributed by atoms with Gasteiger partial charge in [0.25, 0.3) is 0 Å². The van der Waals surface area contributed by atoms with Crippen molar-refractivity contribution in [2.24, 2.45) is 0 Å². The Labute approximate surface area is 130 Å². The molecule has 0 bridgehead atoms. The Morgan fingerprint density at radius 2 is 1.45 bits per heavy atom. The van der Waals surface area contributed by atoms with Gasteiger partial charge in [-0.1, -0.05) is 17.7 Å². The maximum absolute atomic E-state index is 12.8. The normalized spacial score (nSPS) is 12.4. The second-order valence-electron chi connectivity index (χ2n) is 5.30. The Morgan fingerprint density at radius 1 is 0.909 bits per heavy atom. The molecular weight excluding hydrogens is 322 g/mol. The number of hydrogen-bond donors (Lipinski definition) is 0. The van der Waals surface area contributed by atoms with E-state index in [1.54, 1.807) is 32.0 Å². The van der Waals surface area contributed by atoms with Gasteiger partial charge >= 0.3 is 0 Å². The number of benzene rings is 1. The fourth-order valence-electron chi connectivity index (χ4n) is 2.25. The summed E-state index contributed by atoms with van der Waals surface area (Å²) in [5.41, 5.74) is 1.74. The largest absolute Gasteiger partial charge is 0.240 e. The predicted octanol–water partition coefficient (Wildman–Crippen LogP) is 2.24. The van der Waals surface area contributed by atoms with Crippen LogP contribution in [0.15, 0.2) is 45.1 Å². The van der Waals surface area contributed by atoms with Crippen LogP contribution in [0.2, 0.25) is 0 Å². The third-order valence-electron chi connectivity index (χ3n) is 3.21. The molecule has 2 aromatic rings. The first-order valence-corrected chi connectivity index (χ1v) is 9.91. The number of aromatic nitrogens is 1. The van der Waals surface area contributed by atoms with Gasteiger partial charge in [-0.25, -0.2) is 21.8 Å². The molecule has 118 valence electrons. The number of sulfone groups is 2. The minimum Gasteiger partial charge on any atom is -0.240 e. The van der Waals surface area contributed by atoms with Gasteiger partial charge in [0.2, 0.25) is 9.84 Å². The Morgan fingerprint density at radius 3 is 1.95 bits per heavy atom. The van der Waals surface area contributed by atoms with E-state index in [1.165, 1.54) is 12.1 Å². The molecule has 0 aliphatic carbocycles. The Hall–Kier alpha value is -1.73. The molecule has 5 nitrogen and oxygen atoms in total. The summed E-state index contributed by atoms with van der Waals surface area (Å²) in [6.07, 6.45) is 0.987. The lowest BCUT2D eigenvalue weighted by Gasteiger charge is -2.12. The van der Waals surface area contributed by atoms with Gasteiger partial charge in [0.1, 0.15) is 4.90 Å². The van der Waals surface area contributed by atoms with Crippen LogP contribution in [0.25, 0.3) is 0 Å². The van der Waals surface area contributed by atoms with Gasteiger partial charge in [0, 0.05) is 11.9 Å². The highest BCUT2D eigenvalue weighted by Crippen LogP contribution is 2.28. The summed E-state index contributed by atoms with van der Waals surface area (Å²) in [6, 6.07) is 7.79. The molecule has 0 fully saturated rings. The zero-order chi connectivity index (χ0) is 16.7. The van der Waals surface area contributed by atoms with Gasteiger partial charge in [-0.05, 0) is 44.5 Å². The number of hydrogen-bond acceptors (Lipinski definition) is 5. The fraction of sp³-hybridized carbons (Fsp3) is 0.267. The maximum atomic E-state index is 12.8. The highest BCUT2D eigenvalue weighted by molar-refractivity contribution is 7.94. The molecule has 2 rings (SSSR count). The van der Waals surface area contributed by atoms with Gasteiger partial charge in [0.15, 0.2) is 14.9 Å². The monoisotopic (exact) mass is 339 g/mol. The summed E-state index contributed by atoms with van der Waals surface area (Å²) in [4.78, 5) is 3.79. The molecule has 1 aromatic heterocycles. The SMILES string of the molecule is Cc1ccc(S(=O)(=O)c2nc(C)cc(C)c2S(C)(=O)=O)cc1. The van der Waals surface area contributed by atoms with Crippen molar-refractivity contribution in [2.75, 3.05) is 6.26 Å². The number of aryl methyl sites for hydroxylation is 3. The molecule has 0 aliphatic rings. The molecular formula is C15H17NO4S2. The quantitative estimate of drug-likeness (QED) is 0.856. The van der Waals surface area contributed by atoms with Crippen LogP contribution < -0.4 is 0 Å². The van der Waals surface area contributed by atoms with E-state index < -0.39 is 24.7 Å². The standard InChI is InChI=1S/C15H17NO4S2/c1-10-5-7-13(8-6-10)22(19,20)15-14(21(4,17)18)11(2)9-12(3)16-15/h5-9H,1-4H3. The smallest absolute Gasteiger partial charge is 0.225 e. The van der Waals surface area contributed by atoms with E-state index in [-0.39, 0.29) is 9.79 Å². The summed E-state index contributed by atoms with van der Waals surface area (Å²) in [5, 5.41) is -0.406. The van der Waals surface area contributed by atoms with Crippen molar-refractivity contribution >= 4 is 19.7 Å². The molecule has 0 saturated carbocycles. The Kier molecular flexibility index (Phi) is 4.14. The second-order valence-corrected chi connectivity index (χ2v) is 9.12. The molecule has 0 aliphatic heterocycles. The average molecular weight is 339 g/mol. The van der Waals surface area contributed by atoms with Crippen LogP contribution in [0, 0.1) is 20.8 Å². The first-order valence-electron chi connectivity index (χ1n) is 6.53. The molecule has 0 atom stereocenters. The molecule has 1 heterocycles. The van der Waals surface area contributed by atoms with E-state index in [0.717, 1.165) is 11.8 Å². The summed E-state index contributed by atoms with van der Waals surface area (Å²) >= 11 is 0. The molecule has 0 spiro atoms. The van der Waals surface area contributed by atoms with Crippen LogP contribution in [-0.2, 0) is 19.7 Å². The fourth-order valence-corrected chi connectivity index (χ4v) is 5.43. The van der Waals surface area contributed by atoms with E-state index in [4.69, 9.17) is 0 Å². The first kappa shape index (κ1) is 16.6. The molecule has 0 saturated heterocycles. The number of nitrogens with zero attached hydrogens (tertiary/aromatic N) is 1. The highest BCUT2D eigenvalue weighted by Gasteiger charge is 2.29. The molecule has 22 heavy (non-hydrogen) atoms. The average Bonchev–Trinajstić information content (AvgIpc) is 2.36. The summed E-state index contributed by atoms with van der Waals surface area (Å²) in [6.45, 7) is 5.04. The minimum atomic E-state index is -4.00. The van der Waals surface area contributed by atoms with E-state index in [2.05, 4.69) is 4.98 Å². The van der Waals surface area contributed by atoms with Gasteiger partial charge in [-0.15, -0.1) is 0 Å². The van der Waals surface area contributed by atoms with Gasteiger partial charge in [-0.2, -0.15) is 0 Å². The molecule has 0 amide bonds. The topological polar surface area (TPSA) is 81.2 Å². The van der Waals surface area contributed by atoms with Crippen molar-refractivity contribution < 1.29 is 16.8 Å². The zero-order valence-corrected chi connectivity index (χ0v) is 14.4. The van der Waals surface area contributed by atoms with Crippen molar-refractivity contribution in [3.8, 4) is 0 Å². The third kappa shape index (κ3) is 3.05. The molecule has 0 radical (unpaired) electrons. The molecule has 1 aromatic carbocycles. The Bertz CT molecular complexity index is 928. The lowest BCUT2D eigenvalue weighted by molar-refractivity contribution is 0.578. The molecule has 0 N–H and O–H groups in total. The molecule has 0 unspecified atom stereocenters. The molecule has 7 heteroatoms. The van der Waals surface area contributed by atoms with Crippen LogP contribution in [0.4, 0.5) is 0 Å². The van der Waals surface area contributed by atoms with Gasteiger partial charge in [-0.3, -0.25) is 0 Å².